The van der Waals surface area contributed by atoms with Crippen LogP contribution in [0.4, 0.5) is 0 Å². The lowest BCUT2D eigenvalue weighted by Crippen LogP contribution is -2.45. The van der Waals surface area contributed by atoms with Gasteiger partial charge in [-0.05, 0) is 48.1 Å². The van der Waals surface area contributed by atoms with Gasteiger partial charge in [-0.2, -0.15) is 0 Å². The van der Waals surface area contributed by atoms with Crippen LogP contribution in [0.3, 0.4) is 0 Å². The maximum Gasteiger partial charge on any atom is 0.259 e. The minimum absolute atomic E-state index is 0.152. The van der Waals surface area contributed by atoms with E-state index in [1.807, 2.05) is 86.8 Å². The number of likely N-dealkylation sites (N-methyl/N-ethyl adjacent to an activating group) is 1. The molecular weight excluding hydrogens is 472 g/mol. The van der Waals surface area contributed by atoms with Gasteiger partial charge in [0.25, 0.3) is 5.91 Å². The zero-order valence-corrected chi connectivity index (χ0v) is 22.8. The van der Waals surface area contributed by atoms with Gasteiger partial charge in [0.1, 0.15) is 0 Å². The van der Waals surface area contributed by atoms with Crippen molar-refractivity contribution in [1.82, 2.24) is 10.2 Å². The highest BCUT2D eigenvalue weighted by Crippen LogP contribution is 2.36. The molecule has 0 heterocycles. The molecule has 0 spiro atoms. The van der Waals surface area contributed by atoms with E-state index in [-0.39, 0.29) is 5.91 Å². The summed E-state index contributed by atoms with van der Waals surface area (Å²) in [5.74, 6) is -0.152. The predicted molar refractivity (Wildman–Crippen MR) is 157 cm³/mol. The Bertz CT molecular complexity index is 1150. The molecule has 3 rings (SSSR count). The molecule has 3 aromatic carbocycles. The number of hydrogen-bond donors (Lipinski definition) is 2. The van der Waals surface area contributed by atoms with Crippen molar-refractivity contribution < 1.29 is 9.53 Å². The van der Waals surface area contributed by atoms with Gasteiger partial charge in [0.05, 0.1) is 6.34 Å². The highest BCUT2D eigenvalue weighted by molar-refractivity contribution is 5.93. The van der Waals surface area contributed by atoms with E-state index in [0.29, 0.717) is 6.54 Å². The SMILES string of the molecule is CC/C=C(\NCCCOCC)c1cccc(CN(C)C(=O)C(N=CN)(c2ccccc2)c2ccccc2)c1. The Balaban J connectivity index is 1.88. The third-order valence-electron chi connectivity index (χ3n) is 6.36. The van der Waals surface area contributed by atoms with Crippen LogP contribution in [0.2, 0.25) is 0 Å². The van der Waals surface area contributed by atoms with Crippen LogP contribution in [0, 0.1) is 0 Å². The minimum atomic E-state index is -1.28. The average molecular weight is 513 g/mol. The van der Waals surface area contributed by atoms with Crippen LogP contribution in [0.1, 0.15) is 48.9 Å². The Morgan fingerprint density at radius 2 is 1.66 bits per heavy atom. The molecule has 3 aromatic rings. The topological polar surface area (TPSA) is 80.0 Å². The first-order valence-corrected chi connectivity index (χ1v) is 13.3. The summed E-state index contributed by atoms with van der Waals surface area (Å²) < 4.78 is 5.46. The molecule has 0 atom stereocenters. The van der Waals surface area contributed by atoms with Crippen molar-refractivity contribution in [2.75, 3.05) is 26.8 Å². The predicted octanol–water partition coefficient (Wildman–Crippen LogP) is 5.34. The van der Waals surface area contributed by atoms with Crippen LogP contribution >= 0.6 is 0 Å². The molecule has 3 N–H and O–H groups in total. The number of nitrogens with one attached hydrogen (secondary N) is 1. The summed E-state index contributed by atoms with van der Waals surface area (Å²) in [6, 6.07) is 27.5. The van der Waals surface area contributed by atoms with E-state index in [9.17, 15) is 4.79 Å². The van der Waals surface area contributed by atoms with Gasteiger partial charge in [0.15, 0.2) is 5.54 Å². The van der Waals surface area contributed by atoms with Gasteiger partial charge in [-0.1, -0.05) is 91.9 Å². The fourth-order valence-corrected chi connectivity index (χ4v) is 4.59. The van der Waals surface area contributed by atoms with E-state index in [0.717, 1.165) is 60.6 Å². The van der Waals surface area contributed by atoms with Gasteiger partial charge < -0.3 is 20.7 Å². The fourth-order valence-electron chi connectivity index (χ4n) is 4.59. The molecule has 6 nitrogen and oxygen atoms in total. The molecule has 0 radical (unpaired) electrons. The third-order valence-corrected chi connectivity index (χ3v) is 6.36. The molecule has 200 valence electrons. The third kappa shape index (κ3) is 7.11. The number of rotatable bonds is 14. The first kappa shape index (κ1) is 28.7. The Morgan fingerprint density at radius 1 is 1.00 bits per heavy atom. The summed E-state index contributed by atoms with van der Waals surface area (Å²) in [6.45, 7) is 6.88. The van der Waals surface area contributed by atoms with Crippen LogP contribution < -0.4 is 11.1 Å². The molecular formula is C32H40N4O2. The highest BCUT2D eigenvalue weighted by atomic mass is 16.5. The zero-order chi connectivity index (χ0) is 27.2. The van der Waals surface area contributed by atoms with Gasteiger partial charge in [-0.3, -0.25) is 4.79 Å². The van der Waals surface area contributed by atoms with Crippen LogP contribution in [-0.2, 0) is 21.6 Å². The molecule has 0 bridgehead atoms. The van der Waals surface area contributed by atoms with Gasteiger partial charge in [-0.25, -0.2) is 4.99 Å². The Kier molecular flexibility index (Phi) is 11.1. The van der Waals surface area contributed by atoms with Crippen molar-refractivity contribution in [3.8, 4) is 0 Å². The Hall–Kier alpha value is -3.90. The lowest BCUT2D eigenvalue weighted by Gasteiger charge is -2.33. The average Bonchev–Trinajstić information content (AvgIpc) is 2.96. The van der Waals surface area contributed by atoms with E-state index in [2.05, 4.69) is 35.4 Å². The summed E-state index contributed by atoms with van der Waals surface area (Å²) in [5, 5.41) is 3.55. The largest absolute Gasteiger partial charge is 0.390 e. The Labute approximate surface area is 227 Å². The number of allylic oxidation sites excluding steroid dienone is 1. The number of carbonyl (C=O) groups is 1. The summed E-state index contributed by atoms with van der Waals surface area (Å²) in [6.07, 6.45) is 5.28. The van der Waals surface area contributed by atoms with Crippen molar-refractivity contribution in [2.24, 2.45) is 10.7 Å². The summed E-state index contributed by atoms with van der Waals surface area (Å²) in [5.41, 5.74) is 9.32. The van der Waals surface area contributed by atoms with Crippen LogP contribution in [0.5, 0.6) is 0 Å². The Morgan fingerprint density at radius 3 is 2.24 bits per heavy atom. The molecule has 0 unspecified atom stereocenters. The molecule has 6 heteroatoms. The second kappa shape index (κ2) is 14.7. The number of amides is 1. The zero-order valence-electron chi connectivity index (χ0n) is 22.8. The number of carbonyl (C=O) groups excluding carboxylic acids is 1. The van der Waals surface area contributed by atoms with Crippen molar-refractivity contribution >= 4 is 17.9 Å². The van der Waals surface area contributed by atoms with Crippen molar-refractivity contribution in [2.45, 2.75) is 38.8 Å². The molecule has 0 saturated carbocycles. The van der Waals surface area contributed by atoms with Crippen molar-refractivity contribution in [3.63, 3.8) is 0 Å². The van der Waals surface area contributed by atoms with Crippen LogP contribution in [0.25, 0.3) is 5.70 Å². The van der Waals surface area contributed by atoms with Crippen molar-refractivity contribution in [3.05, 3.63) is 113 Å². The standard InChI is InChI=1S/C32H40N4O2/c1-4-14-30(34-21-13-22-38-5-2)27-16-12-15-26(23-27)24-36(3)31(37)32(35-25-33,28-17-8-6-9-18-28)29-19-10-7-11-20-29/h6-12,14-20,23,25,34H,4-5,13,21-22,24H2,1-3H3,(H2,33,35)/b30-14-. The molecule has 0 aliphatic carbocycles. The highest BCUT2D eigenvalue weighted by Gasteiger charge is 2.43. The normalized spacial score (nSPS) is 12.0. The van der Waals surface area contributed by atoms with Crippen LogP contribution in [-0.4, -0.2) is 44.0 Å². The van der Waals surface area contributed by atoms with E-state index in [1.54, 1.807) is 4.90 Å². The molecule has 0 saturated heterocycles. The molecule has 0 aromatic heterocycles. The monoisotopic (exact) mass is 512 g/mol. The number of benzene rings is 3. The number of ether oxygens (including phenoxy) is 1. The van der Waals surface area contributed by atoms with Crippen LogP contribution in [0.15, 0.2) is 96.0 Å². The fraction of sp³-hybridized carbons (Fsp3) is 0.312. The van der Waals surface area contributed by atoms with E-state index >= 15 is 0 Å². The molecule has 0 fully saturated rings. The van der Waals surface area contributed by atoms with E-state index in [1.165, 1.54) is 6.34 Å². The maximum absolute atomic E-state index is 14.2. The van der Waals surface area contributed by atoms with Gasteiger partial charge in [-0.15, -0.1) is 0 Å². The van der Waals surface area contributed by atoms with Gasteiger partial charge in [0, 0.05) is 39.0 Å². The smallest absolute Gasteiger partial charge is 0.259 e. The summed E-state index contributed by atoms with van der Waals surface area (Å²) in [7, 11) is 1.82. The van der Waals surface area contributed by atoms with Gasteiger partial charge in [0.2, 0.25) is 0 Å². The number of aliphatic imine (C=N–C) groups is 1. The molecule has 0 aliphatic heterocycles. The van der Waals surface area contributed by atoms with Gasteiger partial charge >= 0.3 is 0 Å². The lowest BCUT2D eigenvalue weighted by atomic mass is 9.82. The quantitative estimate of drug-likeness (QED) is 0.174. The number of hydrogen-bond acceptors (Lipinski definition) is 4. The molecule has 1 amide bonds. The lowest BCUT2D eigenvalue weighted by molar-refractivity contribution is -0.134. The minimum Gasteiger partial charge on any atom is -0.390 e. The maximum atomic E-state index is 14.2. The van der Waals surface area contributed by atoms with E-state index < -0.39 is 5.54 Å². The summed E-state index contributed by atoms with van der Waals surface area (Å²) in [4.78, 5) is 20.6. The second-order valence-electron chi connectivity index (χ2n) is 9.09. The van der Waals surface area contributed by atoms with Crippen molar-refractivity contribution in [1.29, 1.82) is 0 Å². The van der Waals surface area contributed by atoms with E-state index in [4.69, 9.17) is 10.5 Å². The molecule has 38 heavy (non-hydrogen) atoms. The second-order valence-corrected chi connectivity index (χ2v) is 9.09. The number of nitrogens with zero attached hydrogens (tertiary/aromatic N) is 2. The first-order chi connectivity index (χ1) is 18.6. The number of nitrogens with two attached hydrogens (primary N) is 1. The molecule has 0 aliphatic rings. The summed E-state index contributed by atoms with van der Waals surface area (Å²) >= 11 is 0. The first-order valence-electron chi connectivity index (χ1n) is 13.3.